The summed E-state index contributed by atoms with van der Waals surface area (Å²) in [6.45, 7) is 2.46. The molecule has 6 heteroatoms. The van der Waals surface area contributed by atoms with Crippen LogP contribution < -0.4 is 5.32 Å². The first-order chi connectivity index (χ1) is 7.66. The molecule has 2 saturated heterocycles. The molecule has 0 radical (unpaired) electrons. The van der Waals surface area contributed by atoms with Gasteiger partial charge in [0.1, 0.15) is 0 Å². The van der Waals surface area contributed by atoms with Crippen LogP contribution in [0, 0.1) is 0 Å². The maximum absolute atomic E-state index is 11.8. The van der Waals surface area contributed by atoms with Crippen molar-refractivity contribution in [2.24, 2.45) is 0 Å². The first-order valence-corrected chi connectivity index (χ1v) is 5.62. The SMILES string of the molecule is O=C(CC1COCCN1)N1CC(O)C(O)C1. The molecule has 1 amide bonds. The van der Waals surface area contributed by atoms with Gasteiger partial charge in [-0.2, -0.15) is 0 Å². The van der Waals surface area contributed by atoms with Gasteiger partial charge < -0.3 is 25.2 Å². The second kappa shape index (κ2) is 5.09. The molecule has 3 atom stereocenters. The van der Waals surface area contributed by atoms with Crippen LogP contribution in [0.4, 0.5) is 0 Å². The van der Waals surface area contributed by atoms with Gasteiger partial charge >= 0.3 is 0 Å². The summed E-state index contributed by atoms with van der Waals surface area (Å²) >= 11 is 0. The van der Waals surface area contributed by atoms with E-state index in [1.54, 1.807) is 0 Å². The van der Waals surface area contributed by atoms with Crippen molar-refractivity contribution in [3.8, 4) is 0 Å². The highest BCUT2D eigenvalue weighted by Gasteiger charge is 2.33. The van der Waals surface area contributed by atoms with Gasteiger partial charge in [-0.1, -0.05) is 0 Å². The normalized spacial score (nSPS) is 35.4. The zero-order valence-electron chi connectivity index (χ0n) is 9.13. The largest absolute Gasteiger partial charge is 0.388 e. The Balaban J connectivity index is 1.79. The Kier molecular flexibility index (Phi) is 3.75. The molecule has 3 unspecified atom stereocenters. The lowest BCUT2D eigenvalue weighted by Gasteiger charge is -2.25. The molecule has 2 aliphatic heterocycles. The molecule has 2 heterocycles. The van der Waals surface area contributed by atoms with Gasteiger partial charge in [0.2, 0.25) is 5.91 Å². The van der Waals surface area contributed by atoms with E-state index in [1.165, 1.54) is 4.90 Å². The Morgan fingerprint density at radius 1 is 1.38 bits per heavy atom. The number of hydrogen-bond donors (Lipinski definition) is 3. The van der Waals surface area contributed by atoms with Crippen LogP contribution in [0.2, 0.25) is 0 Å². The predicted octanol–water partition coefficient (Wildman–Crippen LogP) is -2.07. The van der Waals surface area contributed by atoms with Gasteiger partial charge in [-0.3, -0.25) is 4.79 Å². The number of β-amino-alcohol motifs (C(OH)–C–C–N with tert-alkyl or cyclic N) is 2. The Hall–Kier alpha value is -0.690. The molecular weight excluding hydrogens is 212 g/mol. The highest BCUT2D eigenvalue weighted by Crippen LogP contribution is 2.12. The van der Waals surface area contributed by atoms with E-state index in [4.69, 9.17) is 4.74 Å². The number of aliphatic hydroxyl groups excluding tert-OH is 2. The third-order valence-corrected chi connectivity index (χ3v) is 3.03. The molecule has 0 saturated carbocycles. The van der Waals surface area contributed by atoms with E-state index in [0.29, 0.717) is 19.6 Å². The summed E-state index contributed by atoms with van der Waals surface area (Å²) in [5, 5.41) is 21.9. The lowest BCUT2D eigenvalue weighted by Crippen LogP contribution is -2.45. The number of nitrogens with one attached hydrogen (secondary N) is 1. The fourth-order valence-corrected chi connectivity index (χ4v) is 2.06. The molecule has 0 bridgehead atoms. The number of likely N-dealkylation sites (tertiary alicyclic amines) is 1. The zero-order chi connectivity index (χ0) is 11.5. The number of ether oxygens (including phenoxy) is 1. The number of aliphatic hydroxyl groups is 2. The van der Waals surface area contributed by atoms with Gasteiger partial charge in [0.25, 0.3) is 0 Å². The van der Waals surface area contributed by atoms with E-state index in [0.717, 1.165) is 6.54 Å². The average molecular weight is 230 g/mol. The second-order valence-electron chi connectivity index (χ2n) is 4.36. The number of rotatable bonds is 2. The van der Waals surface area contributed by atoms with Crippen molar-refractivity contribution in [2.75, 3.05) is 32.8 Å². The number of nitrogens with zero attached hydrogens (tertiary/aromatic N) is 1. The molecule has 0 aromatic carbocycles. The van der Waals surface area contributed by atoms with Crippen LogP contribution in [0.3, 0.4) is 0 Å². The maximum atomic E-state index is 11.8. The third kappa shape index (κ3) is 2.70. The summed E-state index contributed by atoms with van der Waals surface area (Å²) in [6, 6.07) is 0.0520. The molecule has 92 valence electrons. The van der Waals surface area contributed by atoms with Crippen molar-refractivity contribution in [3.63, 3.8) is 0 Å². The van der Waals surface area contributed by atoms with Crippen LogP contribution in [0.25, 0.3) is 0 Å². The minimum Gasteiger partial charge on any atom is -0.388 e. The van der Waals surface area contributed by atoms with Gasteiger partial charge in [0.15, 0.2) is 0 Å². The standard InChI is InChI=1S/C10H18N2O4/c13-8-4-12(5-9(8)14)10(15)3-7-6-16-2-1-11-7/h7-9,11,13-14H,1-6H2. The Labute approximate surface area is 94.2 Å². The fraction of sp³-hybridized carbons (Fsp3) is 0.900. The summed E-state index contributed by atoms with van der Waals surface area (Å²) < 4.78 is 5.26. The molecule has 0 aromatic rings. The van der Waals surface area contributed by atoms with Gasteiger partial charge in [0.05, 0.1) is 25.4 Å². The Morgan fingerprint density at radius 3 is 2.62 bits per heavy atom. The van der Waals surface area contributed by atoms with Crippen LogP contribution >= 0.6 is 0 Å². The van der Waals surface area contributed by atoms with Gasteiger partial charge in [-0.25, -0.2) is 0 Å². The molecule has 0 spiro atoms. The lowest BCUT2D eigenvalue weighted by molar-refractivity contribution is -0.131. The van der Waals surface area contributed by atoms with Crippen LogP contribution in [-0.2, 0) is 9.53 Å². The van der Waals surface area contributed by atoms with E-state index in [1.807, 2.05) is 0 Å². The molecule has 16 heavy (non-hydrogen) atoms. The van der Waals surface area contributed by atoms with Crippen LogP contribution in [0.1, 0.15) is 6.42 Å². The maximum Gasteiger partial charge on any atom is 0.224 e. The fourth-order valence-electron chi connectivity index (χ4n) is 2.06. The van der Waals surface area contributed by atoms with E-state index in [2.05, 4.69) is 5.32 Å². The van der Waals surface area contributed by atoms with Crippen molar-refractivity contribution in [3.05, 3.63) is 0 Å². The van der Waals surface area contributed by atoms with Crippen molar-refractivity contribution in [1.29, 1.82) is 0 Å². The minimum absolute atomic E-state index is 0.0430. The number of hydrogen-bond acceptors (Lipinski definition) is 5. The summed E-state index contributed by atoms with van der Waals surface area (Å²) in [5.74, 6) is -0.0430. The average Bonchev–Trinajstić information content (AvgIpc) is 2.61. The highest BCUT2D eigenvalue weighted by molar-refractivity contribution is 5.77. The van der Waals surface area contributed by atoms with Crippen molar-refractivity contribution >= 4 is 5.91 Å². The first kappa shape index (κ1) is 11.8. The van der Waals surface area contributed by atoms with Gasteiger partial charge in [-0.15, -0.1) is 0 Å². The van der Waals surface area contributed by atoms with Crippen molar-refractivity contribution < 1.29 is 19.7 Å². The zero-order valence-corrected chi connectivity index (χ0v) is 9.13. The quantitative estimate of drug-likeness (QED) is 0.507. The van der Waals surface area contributed by atoms with Crippen LogP contribution in [-0.4, -0.2) is 72.1 Å². The molecule has 6 nitrogen and oxygen atoms in total. The number of carbonyl (C=O) groups excluding carboxylic acids is 1. The topological polar surface area (TPSA) is 82.0 Å². The Morgan fingerprint density at radius 2 is 2.06 bits per heavy atom. The van der Waals surface area contributed by atoms with E-state index < -0.39 is 12.2 Å². The van der Waals surface area contributed by atoms with E-state index in [9.17, 15) is 15.0 Å². The van der Waals surface area contributed by atoms with Crippen molar-refractivity contribution in [2.45, 2.75) is 24.7 Å². The number of carbonyl (C=O) groups is 1. The summed E-state index contributed by atoms with van der Waals surface area (Å²) in [5.41, 5.74) is 0. The smallest absolute Gasteiger partial charge is 0.224 e. The monoisotopic (exact) mass is 230 g/mol. The summed E-state index contributed by atoms with van der Waals surface area (Å²) in [6.07, 6.45) is -1.25. The van der Waals surface area contributed by atoms with E-state index in [-0.39, 0.29) is 25.0 Å². The number of morpholine rings is 1. The summed E-state index contributed by atoms with van der Waals surface area (Å²) in [4.78, 5) is 13.3. The Bertz CT molecular complexity index is 245. The second-order valence-corrected chi connectivity index (χ2v) is 4.36. The summed E-state index contributed by atoms with van der Waals surface area (Å²) in [7, 11) is 0. The van der Waals surface area contributed by atoms with Crippen molar-refractivity contribution in [1.82, 2.24) is 10.2 Å². The van der Waals surface area contributed by atoms with E-state index >= 15 is 0 Å². The van der Waals surface area contributed by atoms with Crippen LogP contribution in [0.5, 0.6) is 0 Å². The number of amides is 1. The highest BCUT2D eigenvalue weighted by atomic mass is 16.5. The minimum atomic E-state index is -0.806. The molecule has 2 aliphatic rings. The van der Waals surface area contributed by atoms with Gasteiger partial charge in [0, 0.05) is 32.1 Å². The molecule has 0 aromatic heterocycles. The predicted molar refractivity (Wildman–Crippen MR) is 55.8 cm³/mol. The molecule has 2 fully saturated rings. The molecule has 3 N–H and O–H groups in total. The van der Waals surface area contributed by atoms with Crippen LogP contribution in [0.15, 0.2) is 0 Å². The van der Waals surface area contributed by atoms with Gasteiger partial charge in [-0.05, 0) is 0 Å². The molecule has 0 aliphatic carbocycles. The third-order valence-electron chi connectivity index (χ3n) is 3.03. The lowest BCUT2D eigenvalue weighted by atomic mass is 10.2. The first-order valence-electron chi connectivity index (χ1n) is 5.62. The molecular formula is C10H18N2O4. The molecule has 2 rings (SSSR count).